The van der Waals surface area contributed by atoms with E-state index in [-0.39, 0.29) is 16.0 Å². The lowest BCUT2D eigenvalue weighted by atomic mass is 10.4. The highest BCUT2D eigenvalue weighted by molar-refractivity contribution is 6.33. The second-order valence-electron chi connectivity index (χ2n) is 2.69. The topological polar surface area (TPSA) is 56.5 Å². The Kier molecular flexibility index (Phi) is 2.50. The van der Waals surface area contributed by atoms with Gasteiger partial charge in [0, 0.05) is 12.1 Å². The molecule has 0 unspecified atom stereocenters. The van der Waals surface area contributed by atoms with Crippen LogP contribution in [0.15, 0.2) is 12.1 Å². The molecule has 5 nitrogen and oxygen atoms in total. The van der Waals surface area contributed by atoms with Crippen molar-refractivity contribution in [2.45, 2.75) is 0 Å². The Balaban J connectivity index is 2.65. The number of hydrogen-bond donors (Lipinski definition) is 0. The number of nitrogens with zero attached hydrogens (tertiary/aromatic N) is 3. The first-order valence-corrected chi connectivity index (χ1v) is 4.67. The fraction of sp³-hybridized carbons (Fsp3) is 0.125. The van der Waals surface area contributed by atoms with Crippen LogP contribution in [0.2, 0.25) is 10.3 Å². The van der Waals surface area contributed by atoms with Crippen molar-refractivity contribution in [3.05, 3.63) is 28.1 Å². The number of aromatic nitrogens is 3. The summed E-state index contributed by atoms with van der Waals surface area (Å²) < 4.78 is 5.82. The van der Waals surface area contributed by atoms with Gasteiger partial charge in [-0.05, 0) is 0 Å². The highest BCUT2D eigenvalue weighted by Crippen LogP contribution is 2.17. The lowest BCUT2D eigenvalue weighted by Gasteiger charge is -1.95. The van der Waals surface area contributed by atoms with E-state index in [1.165, 1.54) is 23.8 Å². The van der Waals surface area contributed by atoms with Gasteiger partial charge in [-0.15, -0.1) is 0 Å². The molecule has 0 bridgehead atoms. The summed E-state index contributed by atoms with van der Waals surface area (Å²) in [5.41, 5.74) is 0.530. The average Bonchev–Trinajstić information content (AvgIpc) is 2.60. The van der Waals surface area contributed by atoms with E-state index < -0.39 is 5.97 Å². The number of carbonyl (C=O) groups is 1. The van der Waals surface area contributed by atoms with E-state index in [4.69, 9.17) is 23.2 Å². The Morgan fingerprint density at radius 1 is 1.47 bits per heavy atom. The highest BCUT2D eigenvalue weighted by Gasteiger charge is 2.13. The molecule has 0 fully saturated rings. The largest absolute Gasteiger partial charge is 0.464 e. The molecule has 0 aromatic carbocycles. The summed E-state index contributed by atoms with van der Waals surface area (Å²) in [6, 6.07) is 2.88. The summed E-state index contributed by atoms with van der Waals surface area (Å²) in [4.78, 5) is 15.1. The molecule has 0 aliphatic carbocycles. The van der Waals surface area contributed by atoms with Crippen LogP contribution in [-0.2, 0) is 4.74 Å². The first kappa shape index (κ1) is 10.2. The van der Waals surface area contributed by atoms with Gasteiger partial charge >= 0.3 is 5.97 Å². The predicted octanol–water partition coefficient (Wildman–Crippen LogP) is 1.82. The van der Waals surface area contributed by atoms with Crippen LogP contribution in [0.1, 0.15) is 10.5 Å². The summed E-state index contributed by atoms with van der Waals surface area (Å²) >= 11 is 11.5. The van der Waals surface area contributed by atoms with Crippen LogP contribution in [0.25, 0.3) is 5.65 Å². The van der Waals surface area contributed by atoms with Crippen molar-refractivity contribution >= 4 is 34.8 Å². The fourth-order valence-corrected chi connectivity index (χ4v) is 1.59. The van der Waals surface area contributed by atoms with E-state index in [1.54, 1.807) is 0 Å². The van der Waals surface area contributed by atoms with Crippen molar-refractivity contribution in [2.24, 2.45) is 0 Å². The van der Waals surface area contributed by atoms with Crippen molar-refractivity contribution in [2.75, 3.05) is 7.11 Å². The molecule has 0 aliphatic rings. The van der Waals surface area contributed by atoms with Gasteiger partial charge in [-0.1, -0.05) is 23.2 Å². The molecule has 2 heterocycles. The molecule has 0 saturated carbocycles. The van der Waals surface area contributed by atoms with E-state index in [1.807, 2.05) is 0 Å². The molecule has 2 rings (SSSR count). The van der Waals surface area contributed by atoms with Crippen LogP contribution in [0.4, 0.5) is 0 Å². The van der Waals surface area contributed by atoms with E-state index in [0.29, 0.717) is 5.65 Å². The van der Waals surface area contributed by atoms with Gasteiger partial charge in [0.1, 0.15) is 10.3 Å². The molecule has 0 amide bonds. The third-order valence-corrected chi connectivity index (χ3v) is 2.21. The molecule has 2 aromatic rings. The van der Waals surface area contributed by atoms with Crippen LogP contribution >= 0.6 is 23.2 Å². The van der Waals surface area contributed by atoms with Gasteiger partial charge in [0.2, 0.25) is 0 Å². The predicted molar refractivity (Wildman–Crippen MR) is 54.3 cm³/mol. The van der Waals surface area contributed by atoms with E-state index >= 15 is 0 Å². The van der Waals surface area contributed by atoms with Crippen LogP contribution in [0, 0.1) is 0 Å². The van der Waals surface area contributed by atoms with Gasteiger partial charge in [-0.3, -0.25) is 0 Å². The van der Waals surface area contributed by atoms with Gasteiger partial charge < -0.3 is 4.74 Å². The maximum atomic E-state index is 11.2. The van der Waals surface area contributed by atoms with E-state index in [2.05, 4.69) is 14.8 Å². The Morgan fingerprint density at radius 3 is 2.87 bits per heavy atom. The zero-order valence-corrected chi connectivity index (χ0v) is 9.08. The molecule has 7 heteroatoms. The molecule has 2 aromatic heterocycles. The third-order valence-electron chi connectivity index (χ3n) is 1.75. The monoisotopic (exact) mass is 245 g/mol. The quantitative estimate of drug-likeness (QED) is 0.568. The number of methoxy groups -OCH3 is 1. The van der Waals surface area contributed by atoms with Crippen LogP contribution in [-0.4, -0.2) is 27.7 Å². The Hall–Kier alpha value is -1.33. The number of hydrogen-bond acceptors (Lipinski definition) is 4. The number of halogens is 2. The minimum Gasteiger partial charge on any atom is -0.464 e. The molecule has 0 aliphatic heterocycles. The molecule has 0 spiro atoms. The SMILES string of the molecule is COC(=O)c1cc2nc(Cl)cc(Cl)n2n1. The first-order chi connectivity index (χ1) is 7.11. The van der Waals surface area contributed by atoms with Crippen LogP contribution in [0.5, 0.6) is 0 Å². The summed E-state index contributed by atoms with van der Waals surface area (Å²) in [5.74, 6) is -0.548. The van der Waals surface area contributed by atoms with E-state index in [9.17, 15) is 4.79 Å². The molecule has 15 heavy (non-hydrogen) atoms. The van der Waals surface area contributed by atoms with Crippen molar-refractivity contribution in [1.29, 1.82) is 0 Å². The van der Waals surface area contributed by atoms with Crippen molar-refractivity contribution in [3.8, 4) is 0 Å². The summed E-state index contributed by atoms with van der Waals surface area (Å²) in [6.45, 7) is 0. The van der Waals surface area contributed by atoms with Gasteiger partial charge in [0.25, 0.3) is 0 Å². The Labute approximate surface area is 94.6 Å². The van der Waals surface area contributed by atoms with Crippen molar-refractivity contribution in [3.63, 3.8) is 0 Å². The summed E-state index contributed by atoms with van der Waals surface area (Å²) in [7, 11) is 1.27. The molecular weight excluding hydrogens is 241 g/mol. The normalized spacial score (nSPS) is 10.6. The Morgan fingerprint density at radius 2 is 2.20 bits per heavy atom. The van der Waals surface area contributed by atoms with Crippen molar-refractivity contribution in [1.82, 2.24) is 14.6 Å². The zero-order valence-electron chi connectivity index (χ0n) is 7.57. The molecular formula is C8H5Cl2N3O2. The fourth-order valence-electron chi connectivity index (χ4n) is 1.11. The average molecular weight is 246 g/mol. The maximum Gasteiger partial charge on any atom is 0.358 e. The minimum atomic E-state index is -0.548. The first-order valence-electron chi connectivity index (χ1n) is 3.92. The number of ether oxygens (including phenoxy) is 1. The molecule has 0 atom stereocenters. The van der Waals surface area contributed by atoms with Crippen LogP contribution in [0.3, 0.4) is 0 Å². The van der Waals surface area contributed by atoms with Gasteiger partial charge in [-0.25, -0.2) is 14.3 Å². The van der Waals surface area contributed by atoms with Gasteiger partial charge in [-0.2, -0.15) is 5.10 Å². The standard InChI is InChI=1S/C8H5Cl2N3O2/c1-15-8(14)4-2-7-11-5(9)3-6(10)13(7)12-4/h2-3H,1H3. The zero-order chi connectivity index (χ0) is 11.0. The van der Waals surface area contributed by atoms with Crippen LogP contribution < -0.4 is 0 Å². The van der Waals surface area contributed by atoms with Gasteiger partial charge in [0.05, 0.1) is 7.11 Å². The minimum absolute atomic E-state index is 0.133. The molecule has 0 saturated heterocycles. The lowest BCUT2D eigenvalue weighted by molar-refractivity contribution is 0.0593. The highest BCUT2D eigenvalue weighted by atomic mass is 35.5. The number of fused-ring (bicyclic) bond motifs is 1. The Bertz CT molecular complexity index is 538. The number of esters is 1. The number of rotatable bonds is 1. The summed E-state index contributed by atoms with van der Waals surface area (Å²) in [6.07, 6.45) is 0. The lowest BCUT2D eigenvalue weighted by Crippen LogP contribution is -2.02. The molecule has 0 radical (unpaired) electrons. The number of carbonyl (C=O) groups excluding carboxylic acids is 1. The molecule has 0 N–H and O–H groups in total. The second-order valence-corrected chi connectivity index (χ2v) is 3.47. The summed E-state index contributed by atoms with van der Waals surface area (Å²) in [5, 5.41) is 4.43. The van der Waals surface area contributed by atoms with E-state index in [0.717, 1.165) is 0 Å². The molecule has 78 valence electrons. The second kappa shape index (κ2) is 3.67. The van der Waals surface area contributed by atoms with Gasteiger partial charge in [0.15, 0.2) is 11.3 Å². The third kappa shape index (κ3) is 1.75. The maximum absolute atomic E-state index is 11.2. The smallest absolute Gasteiger partial charge is 0.358 e. The van der Waals surface area contributed by atoms with Crippen molar-refractivity contribution < 1.29 is 9.53 Å².